The van der Waals surface area contributed by atoms with Crippen molar-refractivity contribution in [1.82, 2.24) is 4.90 Å². The number of halogens is 3. The molecule has 112 valence electrons. The Kier molecular flexibility index (Phi) is 5.12. The van der Waals surface area contributed by atoms with Crippen molar-refractivity contribution in [2.24, 2.45) is 11.8 Å². The lowest BCUT2D eigenvalue weighted by atomic mass is 9.92. The molecule has 0 amide bonds. The van der Waals surface area contributed by atoms with Gasteiger partial charge in [-0.1, -0.05) is 19.3 Å². The molecule has 19 heavy (non-hydrogen) atoms. The summed E-state index contributed by atoms with van der Waals surface area (Å²) in [7, 11) is 0. The topological polar surface area (TPSA) is 23.5 Å². The highest BCUT2D eigenvalue weighted by atomic mass is 19.4. The first-order valence-corrected chi connectivity index (χ1v) is 7.44. The average Bonchev–Trinajstić information content (AvgIpc) is 2.55. The molecule has 2 rings (SSSR count). The first-order valence-electron chi connectivity index (χ1n) is 7.44. The van der Waals surface area contributed by atoms with E-state index in [0.29, 0.717) is 13.1 Å². The number of hydrogen-bond acceptors (Lipinski definition) is 2. The van der Waals surface area contributed by atoms with Crippen molar-refractivity contribution in [3.8, 4) is 0 Å². The van der Waals surface area contributed by atoms with Gasteiger partial charge in [-0.2, -0.15) is 13.2 Å². The number of nitrogens with zero attached hydrogens (tertiary/aromatic N) is 1. The van der Waals surface area contributed by atoms with Crippen LogP contribution in [0, 0.1) is 11.8 Å². The first kappa shape index (κ1) is 15.1. The van der Waals surface area contributed by atoms with Crippen LogP contribution >= 0.6 is 0 Å². The summed E-state index contributed by atoms with van der Waals surface area (Å²) in [5.74, 6) is -0.868. The standard InChI is InChI=1S/C14H24F3NO/c15-14(16,17)12-6-8-18(9-7-12)10-11-4-2-1-3-5-13(11)19/h11-13,19H,1-10H2. The quantitative estimate of drug-likeness (QED) is 0.785. The van der Waals surface area contributed by atoms with Crippen molar-refractivity contribution in [1.29, 1.82) is 0 Å². The summed E-state index contributed by atoms with van der Waals surface area (Å²) in [4.78, 5) is 2.11. The van der Waals surface area contributed by atoms with Gasteiger partial charge in [-0.15, -0.1) is 0 Å². The molecule has 2 nitrogen and oxygen atoms in total. The zero-order valence-electron chi connectivity index (χ0n) is 11.3. The highest BCUT2D eigenvalue weighted by Gasteiger charge is 2.41. The predicted molar refractivity (Wildman–Crippen MR) is 67.8 cm³/mol. The Morgan fingerprint density at radius 2 is 1.58 bits per heavy atom. The van der Waals surface area contributed by atoms with Crippen LogP contribution in [0.4, 0.5) is 13.2 Å². The van der Waals surface area contributed by atoms with E-state index in [0.717, 1.165) is 32.2 Å². The molecule has 0 aromatic heterocycles. The van der Waals surface area contributed by atoms with Gasteiger partial charge in [0.25, 0.3) is 0 Å². The van der Waals surface area contributed by atoms with Gasteiger partial charge in [0.1, 0.15) is 0 Å². The number of piperidine rings is 1. The molecule has 1 saturated carbocycles. The highest BCUT2D eigenvalue weighted by molar-refractivity contribution is 4.81. The minimum Gasteiger partial charge on any atom is -0.393 e. The van der Waals surface area contributed by atoms with E-state index in [2.05, 4.69) is 4.90 Å². The Morgan fingerprint density at radius 3 is 2.21 bits per heavy atom. The number of rotatable bonds is 2. The zero-order chi connectivity index (χ0) is 13.9. The van der Waals surface area contributed by atoms with Crippen molar-refractivity contribution in [2.45, 2.75) is 57.2 Å². The summed E-state index contributed by atoms with van der Waals surface area (Å²) < 4.78 is 37.8. The second-order valence-corrected chi connectivity index (χ2v) is 6.08. The van der Waals surface area contributed by atoms with Crippen LogP contribution in [0.15, 0.2) is 0 Å². The monoisotopic (exact) mass is 279 g/mol. The summed E-state index contributed by atoms with van der Waals surface area (Å²) >= 11 is 0. The molecule has 0 aromatic rings. The largest absolute Gasteiger partial charge is 0.393 e. The summed E-state index contributed by atoms with van der Waals surface area (Å²) in [6.45, 7) is 1.81. The molecule has 2 aliphatic rings. The van der Waals surface area contributed by atoms with E-state index in [4.69, 9.17) is 0 Å². The van der Waals surface area contributed by atoms with E-state index in [1.54, 1.807) is 0 Å². The molecule has 0 spiro atoms. The van der Waals surface area contributed by atoms with E-state index in [9.17, 15) is 18.3 Å². The summed E-state index contributed by atoms with van der Waals surface area (Å²) in [5.41, 5.74) is 0. The van der Waals surface area contributed by atoms with Crippen LogP contribution in [-0.4, -0.2) is 41.9 Å². The summed E-state index contributed by atoms with van der Waals surface area (Å²) in [6.07, 6.45) is 1.39. The molecule has 2 unspecified atom stereocenters. The fourth-order valence-corrected chi connectivity index (χ4v) is 3.35. The molecule has 1 saturated heterocycles. The van der Waals surface area contributed by atoms with Crippen LogP contribution in [0.5, 0.6) is 0 Å². The van der Waals surface area contributed by atoms with Gasteiger partial charge in [0.05, 0.1) is 12.0 Å². The molecule has 1 heterocycles. The van der Waals surface area contributed by atoms with Gasteiger partial charge < -0.3 is 10.0 Å². The van der Waals surface area contributed by atoms with Gasteiger partial charge in [0.15, 0.2) is 0 Å². The van der Waals surface area contributed by atoms with Crippen LogP contribution in [0.2, 0.25) is 0 Å². The van der Waals surface area contributed by atoms with Crippen LogP contribution in [0.25, 0.3) is 0 Å². The average molecular weight is 279 g/mol. The van der Waals surface area contributed by atoms with Gasteiger partial charge in [0, 0.05) is 6.54 Å². The molecule has 2 fully saturated rings. The van der Waals surface area contributed by atoms with E-state index < -0.39 is 12.1 Å². The van der Waals surface area contributed by atoms with Crippen molar-refractivity contribution in [2.75, 3.05) is 19.6 Å². The highest BCUT2D eigenvalue weighted by Crippen LogP contribution is 2.34. The number of aliphatic hydroxyl groups is 1. The maximum absolute atomic E-state index is 12.6. The van der Waals surface area contributed by atoms with Crippen LogP contribution < -0.4 is 0 Å². The third-order valence-electron chi connectivity index (χ3n) is 4.66. The van der Waals surface area contributed by atoms with Crippen molar-refractivity contribution in [3.05, 3.63) is 0 Å². The number of hydrogen-bond donors (Lipinski definition) is 1. The smallest absolute Gasteiger partial charge is 0.391 e. The predicted octanol–water partition coefficient (Wildman–Crippen LogP) is 3.20. The molecule has 1 N–H and O–H groups in total. The molecular formula is C14H24F3NO. The fourth-order valence-electron chi connectivity index (χ4n) is 3.35. The van der Waals surface area contributed by atoms with E-state index in [1.807, 2.05) is 0 Å². The summed E-state index contributed by atoms with van der Waals surface area (Å²) in [5, 5.41) is 10.1. The number of aliphatic hydroxyl groups excluding tert-OH is 1. The van der Waals surface area contributed by atoms with E-state index in [-0.39, 0.29) is 24.9 Å². The first-order chi connectivity index (χ1) is 8.97. The number of alkyl halides is 3. The zero-order valence-corrected chi connectivity index (χ0v) is 11.3. The molecule has 5 heteroatoms. The molecule has 2 atom stereocenters. The van der Waals surface area contributed by atoms with Crippen LogP contribution in [0.1, 0.15) is 44.9 Å². The van der Waals surface area contributed by atoms with E-state index >= 15 is 0 Å². The maximum atomic E-state index is 12.6. The second kappa shape index (κ2) is 6.44. The van der Waals surface area contributed by atoms with Gasteiger partial charge in [-0.3, -0.25) is 0 Å². The maximum Gasteiger partial charge on any atom is 0.391 e. The minimum atomic E-state index is -4.03. The molecular weight excluding hydrogens is 255 g/mol. The third kappa shape index (κ3) is 4.35. The Hall–Kier alpha value is -0.290. The third-order valence-corrected chi connectivity index (χ3v) is 4.66. The van der Waals surface area contributed by atoms with Crippen molar-refractivity contribution < 1.29 is 18.3 Å². The lowest BCUT2D eigenvalue weighted by Gasteiger charge is -2.35. The lowest BCUT2D eigenvalue weighted by Crippen LogP contribution is -2.42. The second-order valence-electron chi connectivity index (χ2n) is 6.08. The molecule has 0 radical (unpaired) electrons. The molecule has 1 aliphatic carbocycles. The molecule has 1 aliphatic heterocycles. The van der Waals surface area contributed by atoms with Gasteiger partial charge in [0.2, 0.25) is 0 Å². The van der Waals surface area contributed by atoms with E-state index in [1.165, 1.54) is 6.42 Å². The molecule has 0 bridgehead atoms. The minimum absolute atomic E-state index is 0.215. The van der Waals surface area contributed by atoms with Crippen LogP contribution in [-0.2, 0) is 0 Å². The Morgan fingerprint density at radius 1 is 0.947 bits per heavy atom. The normalized spacial score (nSPS) is 32.2. The van der Waals surface area contributed by atoms with Gasteiger partial charge in [-0.05, 0) is 44.7 Å². The van der Waals surface area contributed by atoms with Gasteiger partial charge >= 0.3 is 6.18 Å². The molecule has 0 aromatic carbocycles. The SMILES string of the molecule is OC1CCCCCC1CN1CCC(C(F)(F)F)CC1. The fraction of sp³-hybridized carbons (Fsp3) is 1.00. The Balaban J connectivity index is 1.78. The number of likely N-dealkylation sites (tertiary alicyclic amines) is 1. The Labute approximate surface area is 113 Å². The van der Waals surface area contributed by atoms with Crippen molar-refractivity contribution >= 4 is 0 Å². The Bertz CT molecular complexity index is 274. The van der Waals surface area contributed by atoms with Gasteiger partial charge in [-0.25, -0.2) is 0 Å². The van der Waals surface area contributed by atoms with Crippen LogP contribution in [0.3, 0.4) is 0 Å². The van der Waals surface area contributed by atoms with Crippen molar-refractivity contribution in [3.63, 3.8) is 0 Å². The summed E-state index contributed by atoms with van der Waals surface area (Å²) in [6, 6.07) is 0. The lowest BCUT2D eigenvalue weighted by molar-refractivity contribution is -0.185.